The molecule has 5 rings (SSSR count). The van der Waals surface area contributed by atoms with Gasteiger partial charge in [-0.1, -0.05) is 65.3 Å². The zero-order valence-electron chi connectivity index (χ0n) is 16.2. The average Bonchev–Trinajstić information content (AvgIpc) is 3.18. The highest BCUT2D eigenvalue weighted by Gasteiger charge is 2.22. The molecule has 0 aliphatic heterocycles. The maximum Gasteiger partial charge on any atom is 0.127 e. The molecule has 148 valence electrons. The molecule has 1 heterocycles. The second-order valence-corrected chi connectivity index (χ2v) is 7.90. The van der Waals surface area contributed by atoms with Crippen molar-refractivity contribution in [2.75, 3.05) is 5.32 Å². The molecule has 0 spiro atoms. The summed E-state index contributed by atoms with van der Waals surface area (Å²) in [4.78, 5) is 4.83. The molecule has 0 unspecified atom stereocenters. The highest BCUT2D eigenvalue weighted by molar-refractivity contribution is 6.30. The van der Waals surface area contributed by atoms with Gasteiger partial charge in [-0.3, -0.25) is 0 Å². The fourth-order valence-corrected chi connectivity index (χ4v) is 4.33. The number of hydrogen-bond donors (Lipinski definition) is 2. The monoisotopic (exact) mass is 413 g/mol. The van der Waals surface area contributed by atoms with Gasteiger partial charge in [0.15, 0.2) is 0 Å². The fraction of sp³-hybridized carbons (Fsp3) is 0.120. The minimum absolute atomic E-state index is 0.276. The summed E-state index contributed by atoms with van der Waals surface area (Å²) >= 11 is 6.00. The lowest BCUT2D eigenvalue weighted by Crippen LogP contribution is -2.09. The summed E-state index contributed by atoms with van der Waals surface area (Å²) in [6.07, 6.45) is 2.15. The molecule has 4 nitrogen and oxygen atoms in total. The van der Waals surface area contributed by atoms with E-state index in [9.17, 15) is 5.21 Å². The van der Waals surface area contributed by atoms with Gasteiger partial charge in [-0.25, -0.2) is 4.98 Å². The van der Waals surface area contributed by atoms with E-state index in [0.29, 0.717) is 10.7 Å². The van der Waals surface area contributed by atoms with Crippen molar-refractivity contribution in [3.63, 3.8) is 0 Å². The van der Waals surface area contributed by atoms with Crippen LogP contribution < -0.4 is 5.32 Å². The third-order valence-electron chi connectivity index (χ3n) is 5.66. The van der Waals surface area contributed by atoms with E-state index in [-0.39, 0.29) is 6.04 Å². The number of halogens is 1. The number of rotatable bonds is 4. The number of nitrogens with zero attached hydrogens (tertiary/aromatic N) is 2. The Labute approximate surface area is 179 Å². The maximum atomic E-state index is 9.72. The molecule has 30 heavy (non-hydrogen) atoms. The largest absolute Gasteiger partial charge is 0.410 e. The molecule has 5 heteroatoms. The van der Waals surface area contributed by atoms with E-state index in [1.165, 1.54) is 11.1 Å². The molecule has 0 amide bonds. The van der Waals surface area contributed by atoms with Crippen molar-refractivity contribution < 1.29 is 5.21 Å². The minimum Gasteiger partial charge on any atom is -0.410 e. The Bertz CT molecular complexity index is 1250. The first-order valence-corrected chi connectivity index (χ1v) is 10.3. The van der Waals surface area contributed by atoms with Crippen LogP contribution in [0.25, 0.3) is 10.9 Å². The number of anilines is 1. The van der Waals surface area contributed by atoms with E-state index in [1.54, 1.807) is 12.1 Å². The first-order chi connectivity index (χ1) is 14.7. The molecule has 0 saturated carbocycles. The SMILES string of the molecule is O/N=C(\c1ccc(Cl)cc1)c1cccc2nc(N[C@@H]3CCc4ccccc43)ccc12. The lowest BCUT2D eigenvalue weighted by molar-refractivity contribution is 0.319. The van der Waals surface area contributed by atoms with Gasteiger partial charge in [-0.05, 0) is 54.3 Å². The smallest absolute Gasteiger partial charge is 0.127 e. The number of oxime groups is 1. The molecule has 0 bridgehead atoms. The average molecular weight is 414 g/mol. The van der Waals surface area contributed by atoms with Crippen LogP contribution >= 0.6 is 11.6 Å². The standard InChI is InChI=1S/C25H20ClN3O/c26-18-11-8-17(9-12-18)25(29-30)21-6-3-7-22-20(21)13-15-24(27-22)28-23-14-10-16-4-1-2-5-19(16)23/h1-9,11-13,15,23,30H,10,14H2,(H,27,28)/b29-25+/t23-/m1/s1. The number of benzene rings is 3. The first kappa shape index (κ1) is 18.6. The molecule has 1 atom stereocenters. The summed E-state index contributed by atoms with van der Waals surface area (Å²) in [7, 11) is 0. The molecule has 0 radical (unpaired) electrons. The number of nitrogens with one attached hydrogen (secondary N) is 1. The Morgan fingerprint density at radius 2 is 1.80 bits per heavy atom. The molecule has 1 aromatic heterocycles. The van der Waals surface area contributed by atoms with Crippen molar-refractivity contribution in [3.8, 4) is 0 Å². The topological polar surface area (TPSA) is 57.5 Å². The summed E-state index contributed by atoms with van der Waals surface area (Å²) in [5, 5.41) is 18.4. The van der Waals surface area contributed by atoms with Crippen LogP contribution in [0.15, 0.2) is 84.0 Å². The highest BCUT2D eigenvalue weighted by atomic mass is 35.5. The van der Waals surface area contributed by atoms with Crippen molar-refractivity contribution in [3.05, 3.63) is 106 Å². The van der Waals surface area contributed by atoms with Crippen molar-refractivity contribution in [1.82, 2.24) is 4.98 Å². The van der Waals surface area contributed by atoms with E-state index in [0.717, 1.165) is 40.7 Å². The number of hydrogen-bond acceptors (Lipinski definition) is 4. The molecule has 0 fully saturated rings. The molecule has 0 saturated heterocycles. The van der Waals surface area contributed by atoms with E-state index < -0.39 is 0 Å². The quantitative estimate of drug-likeness (QED) is 0.237. The molecule has 4 aromatic rings. The lowest BCUT2D eigenvalue weighted by atomic mass is 9.98. The highest BCUT2D eigenvalue weighted by Crippen LogP contribution is 2.33. The van der Waals surface area contributed by atoms with Crippen LogP contribution in [-0.2, 0) is 6.42 Å². The van der Waals surface area contributed by atoms with Gasteiger partial charge in [0.2, 0.25) is 0 Å². The third kappa shape index (κ3) is 3.40. The van der Waals surface area contributed by atoms with Crippen molar-refractivity contribution in [1.29, 1.82) is 0 Å². The van der Waals surface area contributed by atoms with E-state index in [4.69, 9.17) is 16.6 Å². The van der Waals surface area contributed by atoms with Crippen LogP contribution in [0.3, 0.4) is 0 Å². The fourth-order valence-electron chi connectivity index (χ4n) is 4.20. The second-order valence-electron chi connectivity index (χ2n) is 7.46. The van der Waals surface area contributed by atoms with Gasteiger partial charge in [-0.15, -0.1) is 0 Å². The van der Waals surface area contributed by atoms with Crippen LogP contribution in [0.2, 0.25) is 5.02 Å². The first-order valence-electron chi connectivity index (χ1n) is 9.95. The molecule has 1 aliphatic carbocycles. The van der Waals surface area contributed by atoms with Crippen LogP contribution in [0.5, 0.6) is 0 Å². The normalized spacial score (nSPS) is 15.9. The molecular formula is C25H20ClN3O. The summed E-state index contributed by atoms with van der Waals surface area (Å²) < 4.78 is 0. The Morgan fingerprint density at radius 1 is 0.967 bits per heavy atom. The Hall–Kier alpha value is -3.37. The maximum absolute atomic E-state index is 9.72. The number of pyridine rings is 1. The van der Waals surface area contributed by atoms with Crippen LogP contribution in [0, 0.1) is 0 Å². The van der Waals surface area contributed by atoms with Crippen LogP contribution in [0.1, 0.15) is 34.7 Å². The number of fused-ring (bicyclic) bond motifs is 2. The third-order valence-corrected chi connectivity index (χ3v) is 5.91. The van der Waals surface area contributed by atoms with Crippen LogP contribution in [-0.4, -0.2) is 15.9 Å². The Balaban J connectivity index is 1.49. The van der Waals surface area contributed by atoms with Crippen LogP contribution in [0.4, 0.5) is 5.82 Å². The molecule has 1 aliphatic rings. The summed E-state index contributed by atoms with van der Waals surface area (Å²) in [6.45, 7) is 0. The van der Waals surface area contributed by atoms with Gasteiger partial charge in [-0.2, -0.15) is 0 Å². The van der Waals surface area contributed by atoms with Gasteiger partial charge in [0.1, 0.15) is 11.5 Å². The Morgan fingerprint density at radius 3 is 2.63 bits per heavy atom. The van der Waals surface area contributed by atoms with E-state index in [2.05, 4.69) is 34.7 Å². The van der Waals surface area contributed by atoms with E-state index in [1.807, 2.05) is 42.5 Å². The Kier molecular flexibility index (Phi) is 4.85. The number of aromatic nitrogens is 1. The summed E-state index contributed by atoms with van der Waals surface area (Å²) in [6, 6.07) is 26.0. The number of aryl methyl sites for hydroxylation is 1. The van der Waals surface area contributed by atoms with Gasteiger partial charge in [0, 0.05) is 21.5 Å². The van der Waals surface area contributed by atoms with Gasteiger partial charge in [0.05, 0.1) is 11.6 Å². The zero-order chi connectivity index (χ0) is 20.5. The zero-order valence-corrected chi connectivity index (χ0v) is 17.0. The molecule has 2 N–H and O–H groups in total. The van der Waals surface area contributed by atoms with Gasteiger partial charge < -0.3 is 10.5 Å². The molecular weight excluding hydrogens is 394 g/mol. The van der Waals surface area contributed by atoms with E-state index >= 15 is 0 Å². The van der Waals surface area contributed by atoms with Crippen molar-refractivity contribution >= 4 is 34.0 Å². The summed E-state index contributed by atoms with van der Waals surface area (Å²) in [5.74, 6) is 0.843. The van der Waals surface area contributed by atoms with Gasteiger partial charge >= 0.3 is 0 Å². The van der Waals surface area contributed by atoms with Crippen molar-refractivity contribution in [2.45, 2.75) is 18.9 Å². The second kappa shape index (κ2) is 7.81. The van der Waals surface area contributed by atoms with Crippen molar-refractivity contribution in [2.24, 2.45) is 5.16 Å². The van der Waals surface area contributed by atoms with Gasteiger partial charge in [0.25, 0.3) is 0 Å². The predicted molar refractivity (Wildman–Crippen MR) is 122 cm³/mol. The molecule has 3 aromatic carbocycles. The lowest BCUT2D eigenvalue weighted by Gasteiger charge is -2.16. The minimum atomic E-state index is 0.276. The summed E-state index contributed by atoms with van der Waals surface area (Å²) in [5.41, 5.74) is 5.71. The predicted octanol–water partition coefficient (Wildman–Crippen LogP) is 6.21.